The fraction of sp³-hybridized carbons (Fsp3) is 0.222. The van der Waals surface area contributed by atoms with E-state index in [1.54, 1.807) is 12.1 Å². The predicted molar refractivity (Wildman–Crippen MR) is 94.9 cm³/mol. The largest absolute Gasteiger partial charge is 0.484 e. The Morgan fingerprint density at radius 3 is 2.50 bits per heavy atom. The lowest BCUT2D eigenvalue weighted by atomic mass is 10.2. The van der Waals surface area contributed by atoms with Crippen LogP contribution in [0, 0.1) is 6.92 Å². The molecule has 0 aromatic heterocycles. The molecule has 2 aromatic carbocycles. The summed E-state index contributed by atoms with van der Waals surface area (Å²) < 4.78 is 5.18. The fourth-order valence-corrected chi connectivity index (χ4v) is 2.83. The molecule has 0 saturated carbocycles. The second kappa shape index (κ2) is 8.98. The number of amides is 2. The average Bonchev–Trinajstić information content (AvgIpc) is 2.58. The summed E-state index contributed by atoms with van der Waals surface area (Å²) in [6, 6.07) is 15.2. The maximum atomic E-state index is 11.9. The minimum absolute atomic E-state index is 0.0164. The third-order valence-electron chi connectivity index (χ3n) is 3.25. The van der Waals surface area contributed by atoms with E-state index < -0.39 is 5.91 Å². The number of nitrogens with two attached hydrogens (primary N) is 1. The van der Waals surface area contributed by atoms with E-state index in [1.165, 1.54) is 17.3 Å². The van der Waals surface area contributed by atoms with Crippen LogP contribution in [0.5, 0.6) is 5.75 Å². The van der Waals surface area contributed by atoms with E-state index in [2.05, 4.69) is 5.32 Å². The molecule has 0 heterocycles. The van der Waals surface area contributed by atoms with E-state index in [9.17, 15) is 9.59 Å². The molecular weight excluding hydrogens is 324 g/mol. The molecule has 0 aliphatic rings. The van der Waals surface area contributed by atoms with Crippen molar-refractivity contribution >= 4 is 23.6 Å². The number of hydrogen-bond acceptors (Lipinski definition) is 4. The van der Waals surface area contributed by atoms with Gasteiger partial charge in [-0.25, -0.2) is 0 Å². The van der Waals surface area contributed by atoms with E-state index in [1.807, 2.05) is 43.3 Å². The number of carbonyl (C=O) groups excluding carboxylic acids is 2. The van der Waals surface area contributed by atoms with Crippen molar-refractivity contribution in [2.75, 3.05) is 12.4 Å². The maximum Gasteiger partial charge on any atom is 0.255 e. The van der Waals surface area contributed by atoms with E-state index in [0.29, 0.717) is 18.0 Å². The van der Waals surface area contributed by atoms with Crippen molar-refractivity contribution in [3.8, 4) is 5.75 Å². The van der Waals surface area contributed by atoms with Gasteiger partial charge < -0.3 is 15.8 Å². The Hall–Kier alpha value is -2.47. The van der Waals surface area contributed by atoms with Crippen LogP contribution in [0.1, 0.15) is 11.1 Å². The summed E-state index contributed by atoms with van der Waals surface area (Å²) in [6.45, 7) is 2.33. The molecule has 0 atom stereocenters. The van der Waals surface area contributed by atoms with Crippen molar-refractivity contribution in [2.45, 2.75) is 18.4 Å². The van der Waals surface area contributed by atoms with Crippen molar-refractivity contribution in [1.29, 1.82) is 0 Å². The standard InChI is InChI=1S/C18H20N2O3S/c1-13-4-2-3-5-16(13)24-12-18(22)20-10-14-6-8-15(9-7-14)23-11-17(19)21/h2-9H,10-12H2,1H3,(H2,19,21)(H,20,22). The molecule has 0 fully saturated rings. The normalized spacial score (nSPS) is 10.2. The lowest BCUT2D eigenvalue weighted by Gasteiger charge is -2.08. The first-order valence-corrected chi connectivity index (χ1v) is 8.48. The zero-order valence-electron chi connectivity index (χ0n) is 13.5. The molecule has 2 rings (SSSR count). The number of primary amides is 1. The van der Waals surface area contributed by atoms with Gasteiger partial charge in [0.25, 0.3) is 5.91 Å². The van der Waals surface area contributed by atoms with Gasteiger partial charge >= 0.3 is 0 Å². The number of ether oxygens (including phenoxy) is 1. The van der Waals surface area contributed by atoms with E-state index >= 15 is 0 Å². The van der Waals surface area contributed by atoms with Crippen LogP contribution in [0.15, 0.2) is 53.4 Å². The summed E-state index contributed by atoms with van der Waals surface area (Å²) in [6.07, 6.45) is 0. The molecule has 2 amide bonds. The number of aryl methyl sites for hydroxylation is 1. The molecule has 0 bridgehead atoms. The summed E-state index contributed by atoms with van der Waals surface area (Å²) in [5, 5.41) is 2.88. The highest BCUT2D eigenvalue weighted by atomic mass is 32.2. The van der Waals surface area contributed by atoms with Gasteiger partial charge in [0, 0.05) is 11.4 Å². The summed E-state index contributed by atoms with van der Waals surface area (Å²) >= 11 is 1.53. The van der Waals surface area contributed by atoms with Gasteiger partial charge in [-0.1, -0.05) is 30.3 Å². The maximum absolute atomic E-state index is 11.9. The lowest BCUT2D eigenvalue weighted by molar-refractivity contribution is -0.120. The number of nitrogens with one attached hydrogen (secondary N) is 1. The van der Waals surface area contributed by atoms with Crippen LogP contribution in [0.2, 0.25) is 0 Å². The number of thioether (sulfide) groups is 1. The van der Waals surface area contributed by atoms with Crippen LogP contribution in [0.25, 0.3) is 0 Å². The first-order chi connectivity index (χ1) is 11.5. The van der Waals surface area contributed by atoms with E-state index in [4.69, 9.17) is 10.5 Å². The zero-order chi connectivity index (χ0) is 17.4. The van der Waals surface area contributed by atoms with E-state index in [0.717, 1.165) is 10.5 Å². The van der Waals surface area contributed by atoms with E-state index in [-0.39, 0.29) is 12.5 Å². The van der Waals surface area contributed by atoms with Gasteiger partial charge in [0.2, 0.25) is 5.91 Å². The Morgan fingerprint density at radius 1 is 1.12 bits per heavy atom. The van der Waals surface area contributed by atoms with Crippen molar-refractivity contribution in [1.82, 2.24) is 5.32 Å². The minimum atomic E-state index is -0.516. The van der Waals surface area contributed by atoms with Gasteiger partial charge in [0.15, 0.2) is 6.61 Å². The van der Waals surface area contributed by atoms with Crippen molar-refractivity contribution in [2.24, 2.45) is 5.73 Å². The van der Waals surface area contributed by atoms with Crippen LogP contribution < -0.4 is 15.8 Å². The Balaban J connectivity index is 1.75. The Kier molecular flexibility index (Phi) is 6.69. The highest BCUT2D eigenvalue weighted by molar-refractivity contribution is 8.00. The quantitative estimate of drug-likeness (QED) is 0.720. The molecule has 126 valence electrons. The molecule has 0 aliphatic carbocycles. The van der Waals surface area contributed by atoms with Gasteiger partial charge in [-0.3, -0.25) is 9.59 Å². The summed E-state index contributed by atoms with van der Waals surface area (Å²) in [4.78, 5) is 23.7. The lowest BCUT2D eigenvalue weighted by Crippen LogP contribution is -2.24. The van der Waals surface area contributed by atoms with Crippen molar-refractivity contribution in [3.05, 3.63) is 59.7 Å². The van der Waals surface area contributed by atoms with Crippen LogP contribution in [-0.2, 0) is 16.1 Å². The molecule has 0 radical (unpaired) electrons. The minimum Gasteiger partial charge on any atom is -0.484 e. The van der Waals surface area contributed by atoms with Crippen molar-refractivity contribution < 1.29 is 14.3 Å². The third kappa shape index (κ3) is 5.96. The first-order valence-electron chi connectivity index (χ1n) is 7.50. The molecule has 24 heavy (non-hydrogen) atoms. The predicted octanol–water partition coefficient (Wildman–Crippen LogP) is 2.27. The molecule has 0 unspecified atom stereocenters. The number of rotatable bonds is 8. The highest BCUT2D eigenvalue weighted by Gasteiger charge is 2.05. The van der Waals surface area contributed by atoms with Gasteiger partial charge in [-0.2, -0.15) is 0 Å². The molecule has 0 aliphatic heterocycles. The highest BCUT2D eigenvalue weighted by Crippen LogP contribution is 2.21. The van der Waals surface area contributed by atoms with Gasteiger partial charge in [0.1, 0.15) is 5.75 Å². The second-order valence-electron chi connectivity index (χ2n) is 5.23. The Labute approximate surface area is 145 Å². The Morgan fingerprint density at radius 2 is 1.83 bits per heavy atom. The Bertz CT molecular complexity index is 702. The zero-order valence-corrected chi connectivity index (χ0v) is 14.3. The molecule has 0 spiro atoms. The van der Waals surface area contributed by atoms with Gasteiger partial charge in [0.05, 0.1) is 5.75 Å². The monoisotopic (exact) mass is 344 g/mol. The fourth-order valence-electron chi connectivity index (χ4n) is 1.97. The number of benzene rings is 2. The average molecular weight is 344 g/mol. The molecule has 6 heteroatoms. The van der Waals surface area contributed by atoms with Gasteiger partial charge in [-0.05, 0) is 36.2 Å². The smallest absolute Gasteiger partial charge is 0.255 e. The first kappa shape index (κ1) is 17.9. The van der Waals surface area contributed by atoms with Crippen LogP contribution in [0.3, 0.4) is 0 Å². The van der Waals surface area contributed by atoms with Crippen LogP contribution >= 0.6 is 11.8 Å². The molecule has 0 saturated heterocycles. The SMILES string of the molecule is Cc1ccccc1SCC(=O)NCc1ccc(OCC(N)=O)cc1. The summed E-state index contributed by atoms with van der Waals surface area (Å²) in [5.41, 5.74) is 7.14. The topological polar surface area (TPSA) is 81.4 Å². The summed E-state index contributed by atoms with van der Waals surface area (Å²) in [7, 11) is 0. The summed E-state index contributed by atoms with van der Waals surface area (Å²) in [5.74, 6) is 0.416. The second-order valence-corrected chi connectivity index (χ2v) is 6.25. The number of hydrogen-bond donors (Lipinski definition) is 2. The van der Waals surface area contributed by atoms with Gasteiger partial charge in [-0.15, -0.1) is 11.8 Å². The van der Waals surface area contributed by atoms with Crippen LogP contribution in [0.4, 0.5) is 0 Å². The third-order valence-corrected chi connectivity index (χ3v) is 4.42. The molecule has 2 aromatic rings. The molecule has 5 nitrogen and oxygen atoms in total. The van der Waals surface area contributed by atoms with Crippen LogP contribution in [-0.4, -0.2) is 24.2 Å². The number of carbonyl (C=O) groups is 2. The molecule has 3 N–H and O–H groups in total. The van der Waals surface area contributed by atoms with Crippen molar-refractivity contribution in [3.63, 3.8) is 0 Å². The molecular formula is C18H20N2O3S.